The average Bonchev–Trinajstić information content (AvgIpc) is 3.09. The van der Waals surface area contributed by atoms with E-state index in [4.69, 9.17) is 10.2 Å². The number of carbonyl (C=O) groups excluding carboxylic acids is 1. The van der Waals surface area contributed by atoms with Gasteiger partial charge in [0.15, 0.2) is 12.1 Å². The Kier molecular flexibility index (Phi) is 4.93. The molecule has 0 saturated carbocycles. The van der Waals surface area contributed by atoms with Crippen LogP contribution in [0.1, 0.15) is 34.3 Å². The number of amides is 1. The number of nitrogens with zero attached hydrogens (tertiary/aromatic N) is 1. The van der Waals surface area contributed by atoms with E-state index < -0.39 is 5.91 Å². The van der Waals surface area contributed by atoms with Crippen molar-refractivity contribution in [2.45, 2.75) is 26.2 Å². The summed E-state index contributed by atoms with van der Waals surface area (Å²) in [5.41, 5.74) is 8.49. The van der Waals surface area contributed by atoms with Crippen LogP contribution in [0.4, 0.5) is 0 Å². The molecule has 26 heavy (non-hydrogen) atoms. The molecule has 6 nitrogen and oxygen atoms in total. The summed E-state index contributed by atoms with van der Waals surface area (Å²) in [6, 6.07) is 10.8. The Morgan fingerprint density at radius 1 is 1.12 bits per heavy atom. The highest BCUT2D eigenvalue weighted by molar-refractivity contribution is 5.91. The number of aromatic nitrogens is 1. The molecule has 0 fully saturated rings. The van der Waals surface area contributed by atoms with Gasteiger partial charge in [-0.25, -0.2) is 4.98 Å². The number of nitrogens with two attached hydrogens (primary N) is 1. The molecule has 2 aromatic carbocycles. The number of carbonyl (C=O) groups is 1. The summed E-state index contributed by atoms with van der Waals surface area (Å²) in [5.74, 6) is -0.200. The Hall–Kier alpha value is -3.28. The molecule has 1 aromatic heterocycles. The summed E-state index contributed by atoms with van der Waals surface area (Å²) in [6.45, 7) is 1.94. The van der Waals surface area contributed by atoms with Gasteiger partial charge in [0.25, 0.3) is 5.91 Å². The number of aryl methyl sites for hydroxylation is 1. The fraction of sp³-hybridized carbons (Fsp3) is 0.200. The third-order valence-electron chi connectivity index (χ3n) is 4.40. The molecule has 0 atom stereocenters. The topological polar surface area (TPSA) is 110 Å². The number of benzene rings is 2. The Morgan fingerprint density at radius 2 is 1.85 bits per heavy atom. The van der Waals surface area contributed by atoms with Crippen molar-refractivity contribution in [3.8, 4) is 22.6 Å². The first-order chi connectivity index (χ1) is 12.5. The van der Waals surface area contributed by atoms with Crippen molar-refractivity contribution in [3.63, 3.8) is 0 Å². The van der Waals surface area contributed by atoms with Crippen molar-refractivity contribution in [1.82, 2.24) is 4.98 Å². The summed E-state index contributed by atoms with van der Waals surface area (Å²) in [6.07, 6.45) is 2.60. The molecule has 0 radical (unpaired) electrons. The van der Waals surface area contributed by atoms with Gasteiger partial charge in [0.2, 0.25) is 0 Å². The molecule has 0 unspecified atom stereocenters. The summed E-state index contributed by atoms with van der Waals surface area (Å²) < 4.78 is 5.29. The third-order valence-corrected chi connectivity index (χ3v) is 4.40. The lowest BCUT2D eigenvalue weighted by molar-refractivity contribution is 0.0994. The molecule has 3 aromatic rings. The summed E-state index contributed by atoms with van der Waals surface area (Å²) in [5, 5.41) is 20.7. The molecule has 0 aliphatic heterocycles. The van der Waals surface area contributed by atoms with E-state index in [2.05, 4.69) is 4.98 Å². The van der Waals surface area contributed by atoms with Crippen molar-refractivity contribution < 1.29 is 19.4 Å². The highest BCUT2D eigenvalue weighted by atomic mass is 16.3. The quantitative estimate of drug-likeness (QED) is 0.631. The molecule has 1 heterocycles. The maximum atomic E-state index is 11.4. The number of hydrogen-bond donors (Lipinski definition) is 3. The largest absolute Gasteiger partial charge is 0.508 e. The van der Waals surface area contributed by atoms with Crippen molar-refractivity contribution >= 4 is 5.91 Å². The highest BCUT2D eigenvalue weighted by Gasteiger charge is 2.20. The molecule has 0 aliphatic carbocycles. The SMILES string of the molecule is CCc1c(O)cc(O)c(-c2ccccc2)c1CCc1ocnc1C(N)=O. The van der Waals surface area contributed by atoms with E-state index in [-0.39, 0.29) is 17.2 Å². The number of oxazole rings is 1. The van der Waals surface area contributed by atoms with Crippen molar-refractivity contribution in [3.05, 3.63) is 65.4 Å². The number of rotatable bonds is 6. The van der Waals surface area contributed by atoms with Crippen LogP contribution in [0.2, 0.25) is 0 Å². The minimum atomic E-state index is -0.647. The van der Waals surface area contributed by atoms with Crippen LogP contribution in [0.3, 0.4) is 0 Å². The molecule has 3 rings (SSSR count). The third kappa shape index (κ3) is 3.26. The highest BCUT2D eigenvalue weighted by Crippen LogP contribution is 2.40. The van der Waals surface area contributed by atoms with Gasteiger partial charge in [-0.05, 0) is 29.5 Å². The molecule has 134 valence electrons. The van der Waals surface area contributed by atoms with Crippen molar-refractivity contribution in [1.29, 1.82) is 0 Å². The van der Waals surface area contributed by atoms with Crippen LogP contribution in [0, 0.1) is 0 Å². The molecule has 1 amide bonds. The van der Waals surface area contributed by atoms with Gasteiger partial charge < -0.3 is 20.4 Å². The van der Waals surface area contributed by atoms with Gasteiger partial charge >= 0.3 is 0 Å². The number of primary amides is 1. The molecular weight excluding hydrogens is 332 g/mol. The standard InChI is InChI=1S/C20H20N2O4/c1-2-13-14(8-9-17-19(20(21)25)22-11-26-17)18(16(24)10-15(13)23)12-6-4-3-5-7-12/h3-7,10-11,23-24H,2,8-9H2,1H3,(H2,21,25). The zero-order chi connectivity index (χ0) is 18.7. The molecule has 0 bridgehead atoms. The van der Waals surface area contributed by atoms with E-state index >= 15 is 0 Å². The Balaban J connectivity index is 2.07. The van der Waals surface area contributed by atoms with Crippen LogP contribution in [0.15, 0.2) is 47.2 Å². The normalized spacial score (nSPS) is 10.8. The van der Waals surface area contributed by atoms with E-state index in [1.54, 1.807) is 0 Å². The van der Waals surface area contributed by atoms with Gasteiger partial charge in [-0.3, -0.25) is 4.79 Å². The van der Waals surface area contributed by atoms with Crippen LogP contribution in [0.25, 0.3) is 11.1 Å². The molecule has 0 saturated heterocycles. The Morgan fingerprint density at radius 3 is 2.50 bits per heavy atom. The molecule has 6 heteroatoms. The fourth-order valence-corrected chi connectivity index (χ4v) is 3.23. The van der Waals surface area contributed by atoms with Crippen LogP contribution < -0.4 is 5.73 Å². The maximum Gasteiger partial charge on any atom is 0.270 e. The van der Waals surface area contributed by atoms with Gasteiger partial charge in [-0.2, -0.15) is 0 Å². The lowest BCUT2D eigenvalue weighted by Gasteiger charge is -2.17. The monoisotopic (exact) mass is 352 g/mol. The number of aromatic hydroxyl groups is 2. The lowest BCUT2D eigenvalue weighted by Crippen LogP contribution is -2.14. The van der Waals surface area contributed by atoms with Gasteiger partial charge in [0.1, 0.15) is 17.3 Å². The zero-order valence-electron chi connectivity index (χ0n) is 14.4. The molecule has 0 aliphatic rings. The van der Waals surface area contributed by atoms with Crippen LogP contribution in [-0.2, 0) is 19.3 Å². The number of phenols is 2. The van der Waals surface area contributed by atoms with E-state index in [9.17, 15) is 15.0 Å². The smallest absolute Gasteiger partial charge is 0.270 e. The van der Waals surface area contributed by atoms with Gasteiger partial charge in [-0.15, -0.1) is 0 Å². The summed E-state index contributed by atoms with van der Waals surface area (Å²) in [4.78, 5) is 15.3. The van der Waals surface area contributed by atoms with Gasteiger partial charge in [0, 0.05) is 18.1 Å². The molecule has 4 N–H and O–H groups in total. The van der Waals surface area contributed by atoms with Gasteiger partial charge in [0.05, 0.1) is 0 Å². The van der Waals surface area contributed by atoms with E-state index in [1.165, 1.54) is 12.5 Å². The predicted octanol–water partition coefficient (Wildman–Crippen LogP) is 3.20. The maximum absolute atomic E-state index is 11.4. The second kappa shape index (κ2) is 7.31. The summed E-state index contributed by atoms with van der Waals surface area (Å²) in [7, 11) is 0. The second-order valence-corrected chi connectivity index (χ2v) is 5.95. The van der Waals surface area contributed by atoms with Crippen LogP contribution in [-0.4, -0.2) is 21.1 Å². The van der Waals surface area contributed by atoms with Gasteiger partial charge in [-0.1, -0.05) is 37.3 Å². The van der Waals surface area contributed by atoms with Crippen LogP contribution in [0.5, 0.6) is 11.5 Å². The first-order valence-corrected chi connectivity index (χ1v) is 8.37. The lowest BCUT2D eigenvalue weighted by atomic mass is 9.89. The van der Waals surface area contributed by atoms with Crippen molar-refractivity contribution in [2.75, 3.05) is 0 Å². The first kappa shape index (κ1) is 17.5. The number of phenolic OH excluding ortho intramolecular Hbond substituents is 2. The van der Waals surface area contributed by atoms with E-state index in [0.717, 1.165) is 16.7 Å². The van der Waals surface area contributed by atoms with Crippen molar-refractivity contribution in [2.24, 2.45) is 5.73 Å². The average molecular weight is 352 g/mol. The van der Waals surface area contributed by atoms with Crippen LogP contribution >= 0.6 is 0 Å². The molecular formula is C20H20N2O4. The Labute approximate surface area is 150 Å². The fourth-order valence-electron chi connectivity index (χ4n) is 3.23. The molecule has 0 spiro atoms. The van der Waals surface area contributed by atoms with E-state index in [0.29, 0.717) is 30.6 Å². The predicted molar refractivity (Wildman–Crippen MR) is 97.0 cm³/mol. The Bertz CT molecular complexity index is 932. The zero-order valence-corrected chi connectivity index (χ0v) is 14.4. The minimum absolute atomic E-state index is 0.00796. The number of hydrogen-bond acceptors (Lipinski definition) is 5. The summed E-state index contributed by atoms with van der Waals surface area (Å²) >= 11 is 0. The first-order valence-electron chi connectivity index (χ1n) is 8.37. The second-order valence-electron chi connectivity index (χ2n) is 5.95. The minimum Gasteiger partial charge on any atom is -0.508 e. The van der Waals surface area contributed by atoms with E-state index in [1.807, 2.05) is 37.3 Å².